The van der Waals surface area contributed by atoms with Gasteiger partial charge in [-0.2, -0.15) is 5.10 Å². The number of hydrogen-bond acceptors (Lipinski definition) is 7. The number of benzene rings is 1. The van der Waals surface area contributed by atoms with E-state index in [9.17, 15) is 9.59 Å². The molecule has 1 N–H and O–H groups in total. The molecule has 0 spiro atoms. The number of aromatic nitrogens is 2. The number of aryl methyl sites for hydroxylation is 1. The molecule has 0 unspecified atom stereocenters. The predicted molar refractivity (Wildman–Crippen MR) is 104 cm³/mol. The zero-order chi connectivity index (χ0) is 19.5. The van der Waals surface area contributed by atoms with Gasteiger partial charge in [-0.15, -0.1) is 0 Å². The summed E-state index contributed by atoms with van der Waals surface area (Å²) in [5.41, 5.74) is 1.39. The first-order valence-electron chi connectivity index (χ1n) is 9.29. The zero-order valence-electron chi connectivity index (χ0n) is 15.8. The zero-order valence-corrected chi connectivity index (χ0v) is 15.8. The van der Waals surface area contributed by atoms with Crippen molar-refractivity contribution in [2.24, 2.45) is 7.05 Å². The molecule has 148 valence electrons. The second-order valence-corrected chi connectivity index (χ2v) is 6.85. The van der Waals surface area contributed by atoms with Crippen LogP contribution in [0, 0.1) is 0 Å². The number of hydrogen-bond donors (Lipinski definition) is 1. The number of carbonyl (C=O) groups is 1. The average molecular weight is 385 g/mol. The van der Waals surface area contributed by atoms with Gasteiger partial charge >= 0.3 is 0 Å². The molecule has 2 aliphatic heterocycles. The van der Waals surface area contributed by atoms with Gasteiger partial charge in [-0.25, -0.2) is 4.68 Å². The maximum Gasteiger partial charge on any atom is 0.268 e. The van der Waals surface area contributed by atoms with Gasteiger partial charge in [-0.3, -0.25) is 14.5 Å². The van der Waals surface area contributed by atoms with Gasteiger partial charge in [-0.1, -0.05) is 0 Å². The Morgan fingerprint density at radius 2 is 1.86 bits per heavy atom. The van der Waals surface area contributed by atoms with Gasteiger partial charge in [-0.05, 0) is 12.1 Å². The van der Waals surface area contributed by atoms with Crippen LogP contribution in [-0.2, 0) is 11.8 Å². The van der Waals surface area contributed by atoms with Crippen LogP contribution >= 0.6 is 0 Å². The third-order valence-corrected chi connectivity index (χ3v) is 4.88. The van der Waals surface area contributed by atoms with E-state index in [1.807, 2.05) is 6.07 Å². The highest BCUT2D eigenvalue weighted by Gasteiger charge is 2.20. The normalized spacial score (nSPS) is 16.7. The molecule has 2 aromatic rings. The minimum Gasteiger partial charge on any atom is -0.486 e. The summed E-state index contributed by atoms with van der Waals surface area (Å²) < 4.78 is 12.3. The molecular formula is C19H23N5O4. The van der Waals surface area contributed by atoms with Gasteiger partial charge in [0.05, 0.1) is 18.4 Å². The Morgan fingerprint density at radius 3 is 2.61 bits per heavy atom. The van der Waals surface area contributed by atoms with E-state index >= 15 is 0 Å². The molecule has 3 heterocycles. The van der Waals surface area contributed by atoms with Gasteiger partial charge < -0.3 is 19.7 Å². The van der Waals surface area contributed by atoms with E-state index in [2.05, 4.69) is 20.2 Å². The molecule has 1 saturated heterocycles. The number of ether oxygens (including phenoxy) is 2. The fraction of sp³-hybridized carbons (Fsp3) is 0.421. The van der Waals surface area contributed by atoms with Gasteiger partial charge in [0.25, 0.3) is 5.56 Å². The summed E-state index contributed by atoms with van der Waals surface area (Å²) in [7, 11) is 1.63. The summed E-state index contributed by atoms with van der Waals surface area (Å²) in [5.74, 6) is 1.28. The van der Waals surface area contributed by atoms with Crippen LogP contribution in [0.25, 0.3) is 0 Å². The molecule has 0 atom stereocenters. The Balaban J connectivity index is 1.29. The van der Waals surface area contributed by atoms with Crippen LogP contribution in [0.3, 0.4) is 0 Å². The van der Waals surface area contributed by atoms with E-state index in [1.165, 1.54) is 4.68 Å². The molecule has 1 fully saturated rings. The van der Waals surface area contributed by atoms with Crippen molar-refractivity contribution in [1.82, 2.24) is 14.7 Å². The third kappa shape index (κ3) is 4.09. The molecule has 0 aliphatic carbocycles. The van der Waals surface area contributed by atoms with Crippen molar-refractivity contribution in [2.75, 3.05) is 56.2 Å². The fourth-order valence-electron chi connectivity index (χ4n) is 3.32. The highest BCUT2D eigenvalue weighted by molar-refractivity contribution is 5.92. The first kappa shape index (κ1) is 18.3. The number of fused-ring (bicyclic) bond motifs is 1. The topological polar surface area (TPSA) is 88.9 Å². The minimum atomic E-state index is -0.126. The molecule has 0 radical (unpaired) electrons. The summed E-state index contributed by atoms with van der Waals surface area (Å²) >= 11 is 0. The molecule has 1 aromatic carbocycles. The standard InChI is InChI=1S/C19H23N5O4/c1-22-19(26)11-15(12-20-22)24-6-4-23(5-7-24)13-18(25)21-14-2-3-16-17(10-14)28-9-8-27-16/h2-3,10-12H,4-9,13H2,1H3,(H,21,25). The molecule has 1 aromatic heterocycles. The van der Waals surface area contributed by atoms with E-state index in [4.69, 9.17) is 9.47 Å². The molecule has 9 nitrogen and oxygen atoms in total. The van der Waals surface area contributed by atoms with Gasteiger partial charge in [0.1, 0.15) is 13.2 Å². The monoisotopic (exact) mass is 385 g/mol. The Hall–Kier alpha value is -3.07. The van der Waals surface area contributed by atoms with E-state index in [0.717, 1.165) is 31.9 Å². The van der Waals surface area contributed by atoms with Crippen LogP contribution < -0.4 is 25.2 Å². The molecule has 2 aliphatic rings. The molecule has 1 amide bonds. The number of nitrogens with one attached hydrogen (secondary N) is 1. The van der Waals surface area contributed by atoms with Crippen molar-refractivity contribution in [3.05, 3.63) is 40.8 Å². The van der Waals surface area contributed by atoms with Crippen molar-refractivity contribution in [2.45, 2.75) is 0 Å². The fourth-order valence-corrected chi connectivity index (χ4v) is 3.32. The molecule has 28 heavy (non-hydrogen) atoms. The minimum absolute atomic E-state index is 0.0691. The first-order chi connectivity index (χ1) is 13.6. The van der Waals surface area contributed by atoms with Gasteiger partial charge in [0.2, 0.25) is 5.91 Å². The number of piperazine rings is 1. The lowest BCUT2D eigenvalue weighted by Crippen LogP contribution is -2.49. The number of rotatable bonds is 4. The smallest absolute Gasteiger partial charge is 0.268 e. The third-order valence-electron chi connectivity index (χ3n) is 4.88. The highest BCUT2D eigenvalue weighted by Crippen LogP contribution is 2.32. The van der Waals surface area contributed by atoms with Gasteiger partial charge in [0.15, 0.2) is 11.5 Å². The van der Waals surface area contributed by atoms with E-state index < -0.39 is 0 Å². The molecule has 0 bridgehead atoms. The number of nitrogens with zero attached hydrogens (tertiary/aromatic N) is 4. The molecular weight excluding hydrogens is 362 g/mol. The number of anilines is 2. The second-order valence-electron chi connectivity index (χ2n) is 6.85. The summed E-state index contributed by atoms with van der Waals surface area (Å²) in [5, 5.41) is 6.98. The summed E-state index contributed by atoms with van der Waals surface area (Å²) in [6, 6.07) is 7.00. The van der Waals surface area contributed by atoms with Crippen LogP contribution in [0.5, 0.6) is 11.5 Å². The Bertz CT molecular complexity index is 921. The summed E-state index contributed by atoms with van der Waals surface area (Å²) in [6.45, 7) is 4.33. The van der Waals surface area contributed by atoms with Crippen molar-refractivity contribution in [3.8, 4) is 11.5 Å². The van der Waals surface area contributed by atoms with Crippen LogP contribution in [0.4, 0.5) is 11.4 Å². The lowest BCUT2D eigenvalue weighted by Gasteiger charge is -2.35. The Kier molecular flexibility index (Phi) is 5.16. The number of carbonyl (C=O) groups excluding carboxylic acids is 1. The Labute approximate surface area is 162 Å². The largest absolute Gasteiger partial charge is 0.486 e. The van der Waals surface area contributed by atoms with Crippen LogP contribution in [0.2, 0.25) is 0 Å². The van der Waals surface area contributed by atoms with E-state index in [1.54, 1.807) is 31.4 Å². The number of amides is 1. The van der Waals surface area contributed by atoms with Crippen molar-refractivity contribution >= 4 is 17.3 Å². The van der Waals surface area contributed by atoms with E-state index in [0.29, 0.717) is 36.9 Å². The second kappa shape index (κ2) is 7.89. The quantitative estimate of drug-likeness (QED) is 0.810. The molecule has 9 heteroatoms. The summed E-state index contributed by atoms with van der Waals surface area (Å²) in [6.07, 6.45) is 1.70. The van der Waals surface area contributed by atoms with Crippen LogP contribution in [0.1, 0.15) is 0 Å². The maximum atomic E-state index is 12.4. The molecule has 0 saturated carbocycles. The highest BCUT2D eigenvalue weighted by atomic mass is 16.6. The van der Waals surface area contributed by atoms with Crippen molar-refractivity contribution in [3.63, 3.8) is 0 Å². The SMILES string of the molecule is Cn1ncc(N2CCN(CC(=O)Nc3ccc4c(c3)OCCO4)CC2)cc1=O. The lowest BCUT2D eigenvalue weighted by atomic mass is 10.2. The lowest BCUT2D eigenvalue weighted by molar-refractivity contribution is -0.117. The van der Waals surface area contributed by atoms with Crippen molar-refractivity contribution in [1.29, 1.82) is 0 Å². The van der Waals surface area contributed by atoms with E-state index in [-0.39, 0.29) is 11.5 Å². The molecule has 4 rings (SSSR count). The van der Waals surface area contributed by atoms with Crippen LogP contribution in [-0.4, -0.2) is 66.5 Å². The van der Waals surface area contributed by atoms with Crippen LogP contribution in [0.15, 0.2) is 35.3 Å². The average Bonchev–Trinajstić information content (AvgIpc) is 2.70. The Morgan fingerprint density at radius 1 is 1.11 bits per heavy atom. The predicted octanol–water partition coefficient (Wildman–Crippen LogP) is 0.312. The summed E-state index contributed by atoms with van der Waals surface area (Å²) in [4.78, 5) is 28.3. The van der Waals surface area contributed by atoms with Crippen molar-refractivity contribution < 1.29 is 14.3 Å². The van der Waals surface area contributed by atoms with Gasteiger partial charge in [0, 0.05) is 51.0 Å². The first-order valence-corrected chi connectivity index (χ1v) is 9.29. The maximum absolute atomic E-state index is 12.4.